The molecule has 1 unspecified atom stereocenters. The third kappa shape index (κ3) is 3.09. The number of rotatable bonds is 4. The lowest BCUT2D eigenvalue weighted by atomic mass is 9.89. The van der Waals surface area contributed by atoms with Crippen molar-refractivity contribution in [3.8, 4) is 0 Å². The number of fused-ring (bicyclic) bond motifs is 1. The number of anilines is 1. The van der Waals surface area contributed by atoms with Gasteiger partial charge < -0.3 is 14.8 Å². The second kappa shape index (κ2) is 6.40. The molecular formula is C16H18ClNO4. The van der Waals surface area contributed by atoms with Crippen LogP contribution in [0.25, 0.3) is 5.57 Å². The van der Waals surface area contributed by atoms with E-state index >= 15 is 0 Å². The van der Waals surface area contributed by atoms with Crippen molar-refractivity contribution < 1.29 is 19.1 Å². The van der Waals surface area contributed by atoms with Gasteiger partial charge in [0.25, 0.3) is 0 Å². The lowest BCUT2D eigenvalue weighted by Gasteiger charge is -2.32. The summed E-state index contributed by atoms with van der Waals surface area (Å²) in [7, 11) is 0. The number of halogens is 1. The van der Waals surface area contributed by atoms with Crippen LogP contribution in [0.5, 0.6) is 0 Å². The molecule has 1 aliphatic rings. The van der Waals surface area contributed by atoms with Crippen LogP contribution < -0.4 is 5.32 Å². The van der Waals surface area contributed by atoms with Crippen LogP contribution in [0.4, 0.5) is 5.69 Å². The molecule has 0 radical (unpaired) electrons. The minimum absolute atomic E-state index is 0.246. The summed E-state index contributed by atoms with van der Waals surface area (Å²) in [6, 6.07) is 5.08. The van der Waals surface area contributed by atoms with E-state index in [1.54, 1.807) is 39.0 Å². The largest absolute Gasteiger partial charge is 0.464 e. The molecule has 1 atom stereocenters. The van der Waals surface area contributed by atoms with Crippen LogP contribution >= 0.6 is 11.6 Å². The first-order valence-corrected chi connectivity index (χ1v) is 7.44. The maximum atomic E-state index is 12.2. The summed E-state index contributed by atoms with van der Waals surface area (Å²) in [6.45, 7) is 5.61. The Bertz CT molecular complexity index is 641. The topological polar surface area (TPSA) is 64.6 Å². The number of nitrogens with one attached hydrogen (secondary N) is 1. The van der Waals surface area contributed by atoms with E-state index in [2.05, 4.69) is 5.32 Å². The highest BCUT2D eigenvalue weighted by molar-refractivity contribution is 6.31. The third-order valence-corrected chi connectivity index (χ3v) is 3.53. The van der Waals surface area contributed by atoms with E-state index in [1.165, 1.54) is 6.08 Å². The maximum Gasteiger partial charge on any atom is 0.338 e. The molecule has 5 nitrogen and oxygen atoms in total. The van der Waals surface area contributed by atoms with E-state index < -0.39 is 17.5 Å². The molecule has 22 heavy (non-hydrogen) atoms. The van der Waals surface area contributed by atoms with Crippen molar-refractivity contribution >= 4 is 34.8 Å². The number of ether oxygens (including phenoxy) is 2. The van der Waals surface area contributed by atoms with Gasteiger partial charge in [0.05, 0.1) is 18.8 Å². The summed E-state index contributed by atoms with van der Waals surface area (Å²) in [6.07, 6.45) is 1.53. The zero-order valence-corrected chi connectivity index (χ0v) is 13.5. The molecule has 6 heteroatoms. The van der Waals surface area contributed by atoms with Gasteiger partial charge in [-0.05, 0) is 45.0 Å². The summed E-state index contributed by atoms with van der Waals surface area (Å²) < 4.78 is 10.2. The highest BCUT2D eigenvalue weighted by atomic mass is 35.5. The van der Waals surface area contributed by atoms with Gasteiger partial charge in [-0.25, -0.2) is 9.59 Å². The Morgan fingerprint density at radius 3 is 2.55 bits per heavy atom. The molecule has 1 aliphatic heterocycles. The predicted octanol–water partition coefficient (Wildman–Crippen LogP) is 3.03. The molecule has 0 aromatic heterocycles. The molecule has 1 aromatic rings. The summed E-state index contributed by atoms with van der Waals surface area (Å²) >= 11 is 6.01. The Balaban J connectivity index is 2.52. The van der Waals surface area contributed by atoms with Gasteiger partial charge in [0, 0.05) is 16.3 Å². The molecule has 0 saturated heterocycles. The van der Waals surface area contributed by atoms with E-state index in [0.717, 1.165) is 0 Å². The number of benzene rings is 1. The summed E-state index contributed by atoms with van der Waals surface area (Å²) in [5, 5.41) is 3.59. The number of esters is 2. The molecule has 0 amide bonds. The lowest BCUT2D eigenvalue weighted by molar-refractivity contribution is -0.146. The van der Waals surface area contributed by atoms with E-state index in [-0.39, 0.29) is 13.2 Å². The standard InChI is InChI=1S/C16H18ClNO4/c1-4-21-14(19)12-9-16(3,15(20)22-5-2)18-13-7-6-10(17)8-11(12)13/h6-9,18H,4-5H2,1-3H3. The van der Waals surface area contributed by atoms with E-state index in [4.69, 9.17) is 21.1 Å². The fraction of sp³-hybridized carbons (Fsp3) is 0.375. The molecule has 0 fully saturated rings. The van der Waals surface area contributed by atoms with Crippen LogP contribution in [0.15, 0.2) is 24.3 Å². The number of hydrogen-bond acceptors (Lipinski definition) is 5. The van der Waals surface area contributed by atoms with Crippen LogP contribution in [0.1, 0.15) is 26.3 Å². The van der Waals surface area contributed by atoms with Crippen LogP contribution in [0.3, 0.4) is 0 Å². The second-order valence-corrected chi connectivity index (χ2v) is 5.45. The molecule has 0 bridgehead atoms. The molecule has 1 N–H and O–H groups in total. The molecule has 1 aromatic carbocycles. The highest BCUT2D eigenvalue weighted by Gasteiger charge is 2.39. The van der Waals surface area contributed by atoms with Crippen LogP contribution in [0, 0.1) is 0 Å². The average Bonchev–Trinajstić information content (AvgIpc) is 2.47. The van der Waals surface area contributed by atoms with Crippen molar-refractivity contribution in [3.63, 3.8) is 0 Å². The Labute approximate surface area is 134 Å². The molecule has 118 valence electrons. The Morgan fingerprint density at radius 2 is 1.91 bits per heavy atom. The van der Waals surface area contributed by atoms with Crippen LogP contribution in [-0.4, -0.2) is 30.7 Å². The fourth-order valence-corrected chi connectivity index (χ4v) is 2.47. The molecular weight excluding hydrogens is 306 g/mol. The van der Waals surface area contributed by atoms with Gasteiger partial charge in [-0.15, -0.1) is 0 Å². The monoisotopic (exact) mass is 323 g/mol. The normalized spacial score (nSPS) is 19.5. The molecule has 0 aliphatic carbocycles. The predicted molar refractivity (Wildman–Crippen MR) is 84.7 cm³/mol. The zero-order chi connectivity index (χ0) is 16.3. The van der Waals surface area contributed by atoms with E-state index in [0.29, 0.717) is 21.8 Å². The first-order valence-electron chi connectivity index (χ1n) is 7.06. The maximum absolute atomic E-state index is 12.2. The Hall–Kier alpha value is -2.01. The molecule has 0 spiro atoms. The minimum Gasteiger partial charge on any atom is -0.464 e. The summed E-state index contributed by atoms with van der Waals surface area (Å²) in [5.74, 6) is -0.958. The van der Waals surface area contributed by atoms with Gasteiger partial charge in [0.1, 0.15) is 0 Å². The van der Waals surface area contributed by atoms with Crippen molar-refractivity contribution in [2.45, 2.75) is 26.3 Å². The SMILES string of the molecule is CCOC(=O)C1=CC(C)(C(=O)OCC)Nc2ccc(Cl)cc21. The fourth-order valence-electron chi connectivity index (χ4n) is 2.30. The van der Waals surface area contributed by atoms with Gasteiger partial charge in [-0.3, -0.25) is 0 Å². The molecule has 1 heterocycles. The smallest absolute Gasteiger partial charge is 0.338 e. The van der Waals surface area contributed by atoms with Crippen molar-refractivity contribution in [1.29, 1.82) is 0 Å². The van der Waals surface area contributed by atoms with Crippen LogP contribution in [-0.2, 0) is 19.1 Å². The van der Waals surface area contributed by atoms with Gasteiger partial charge >= 0.3 is 11.9 Å². The summed E-state index contributed by atoms with van der Waals surface area (Å²) in [5.41, 5.74) is 0.394. The second-order valence-electron chi connectivity index (χ2n) is 5.02. The highest BCUT2D eigenvalue weighted by Crippen LogP contribution is 2.36. The Morgan fingerprint density at radius 1 is 1.23 bits per heavy atom. The summed E-state index contributed by atoms with van der Waals surface area (Å²) in [4.78, 5) is 24.4. The Kier molecular flexibility index (Phi) is 4.76. The van der Waals surface area contributed by atoms with E-state index in [9.17, 15) is 9.59 Å². The van der Waals surface area contributed by atoms with Gasteiger partial charge in [-0.1, -0.05) is 11.6 Å². The van der Waals surface area contributed by atoms with Crippen LogP contribution in [0.2, 0.25) is 5.02 Å². The lowest BCUT2D eigenvalue weighted by Crippen LogP contribution is -2.45. The first-order chi connectivity index (χ1) is 10.4. The first kappa shape index (κ1) is 16.4. The zero-order valence-electron chi connectivity index (χ0n) is 12.7. The van der Waals surface area contributed by atoms with Gasteiger partial charge in [0.15, 0.2) is 5.54 Å². The average molecular weight is 324 g/mol. The van der Waals surface area contributed by atoms with Crippen molar-refractivity contribution in [1.82, 2.24) is 0 Å². The minimum atomic E-state index is -1.14. The van der Waals surface area contributed by atoms with E-state index in [1.807, 2.05) is 0 Å². The van der Waals surface area contributed by atoms with Gasteiger partial charge in [0.2, 0.25) is 0 Å². The van der Waals surface area contributed by atoms with Crippen molar-refractivity contribution in [2.75, 3.05) is 18.5 Å². The molecule has 0 saturated carbocycles. The van der Waals surface area contributed by atoms with Crippen molar-refractivity contribution in [2.24, 2.45) is 0 Å². The number of carbonyl (C=O) groups excluding carboxylic acids is 2. The number of hydrogen-bond donors (Lipinski definition) is 1. The molecule has 2 rings (SSSR count). The van der Waals surface area contributed by atoms with Crippen molar-refractivity contribution in [3.05, 3.63) is 34.9 Å². The quantitative estimate of drug-likeness (QED) is 0.863. The van der Waals surface area contributed by atoms with Gasteiger partial charge in [-0.2, -0.15) is 0 Å². The number of carbonyl (C=O) groups is 2. The third-order valence-electron chi connectivity index (χ3n) is 3.29.